The van der Waals surface area contributed by atoms with Crippen molar-refractivity contribution < 1.29 is 4.74 Å². The van der Waals surface area contributed by atoms with E-state index in [-0.39, 0.29) is 0 Å². The molecule has 0 atom stereocenters. The molecule has 0 saturated carbocycles. The summed E-state index contributed by atoms with van der Waals surface area (Å²) >= 11 is 1.60. The van der Waals surface area contributed by atoms with Gasteiger partial charge in [-0.15, -0.1) is 0 Å². The number of thiazole rings is 1. The van der Waals surface area contributed by atoms with Crippen molar-refractivity contribution in [2.24, 2.45) is 0 Å². The van der Waals surface area contributed by atoms with Crippen molar-refractivity contribution in [3.05, 3.63) is 65.3 Å². The lowest BCUT2D eigenvalue weighted by Crippen LogP contribution is -2.36. The van der Waals surface area contributed by atoms with Crippen LogP contribution in [0.4, 0.5) is 5.13 Å². The Morgan fingerprint density at radius 3 is 2.60 bits per heavy atom. The normalized spacial score (nSPS) is 14.8. The van der Waals surface area contributed by atoms with Gasteiger partial charge in [0.05, 0.1) is 40.4 Å². The molecule has 6 nitrogen and oxygen atoms in total. The largest absolute Gasteiger partial charge is 0.378 e. The molecular weight excluding hydrogens is 394 g/mol. The third kappa shape index (κ3) is 3.59. The SMILES string of the molecule is N#C/C(=C\c1sc(N2CCOCC2)nc1-c1ccccc1)c1nc2ccccc2[nH]1. The predicted molar refractivity (Wildman–Crippen MR) is 120 cm³/mol. The van der Waals surface area contributed by atoms with E-state index in [2.05, 4.69) is 20.9 Å². The third-order valence-electron chi connectivity index (χ3n) is 5.01. The first-order chi connectivity index (χ1) is 14.8. The number of aromatic nitrogens is 3. The Bertz CT molecular complexity index is 1210. The van der Waals surface area contributed by atoms with Crippen molar-refractivity contribution in [1.82, 2.24) is 15.0 Å². The molecule has 4 aromatic rings. The first-order valence-corrected chi connectivity index (χ1v) is 10.6. The standard InChI is InChI=1S/C23H19N5OS/c24-15-17(22-25-18-8-4-5-9-19(18)26-22)14-20-21(16-6-2-1-3-7-16)27-23(30-20)28-10-12-29-13-11-28/h1-9,14H,10-13H2,(H,25,26)/b17-14+. The molecule has 1 aliphatic heterocycles. The Kier molecular flexibility index (Phi) is 5.01. The minimum Gasteiger partial charge on any atom is -0.378 e. The van der Waals surface area contributed by atoms with E-state index in [4.69, 9.17) is 9.72 Å². The molecular formula is C23H19N5OS. The van der Waals surface area contributed by atoms with Crippen LogP contribution in [0.2, 0.25) is 0 Å². The molecule has 0 unspecified atom stereocenters. The van der Waals surface area contributed by atoms with Crippen LogP contribution < -0.4 is 4.90 Å². The molecule has 1 aliphatic rings. The number of nitriles is 1. The molecule has 30 heavy (non-hydrogen) atoms. The quantitative estimate of drug-likeness (QED) is 0.495. The van der Waals surface area contributed by atoms with Crippen LogP contribution in [-0.2, 0) is 4.74 Å². The maximum Gasteiger partial charge on any atom is 0.186 e. The van der Waals surface area contributed by atoms with Gasteiger partial charge >= 0.3 is 0 Å². The number of anilines is 1. The average Bonchev–Trinajstić information content (AvgIpc) is 3.43. The van der Waals surface area contributed by atoms with E-state index in [0.717, 1.165) is 45.4 Å². The number of fused-ring (bicyclic) bond motifs is 1. The summed E-state index contributed by atoms with van der Waals surface area (Å²) in [7, 11) is 0. The number of H-pyrrole nitrogens is 1. The van der Waals surface area contributed by atoms with Gasteiger partial charge in [0.2, 0.25) is 0 Å². The highest BCUT2D eigenvalue weighted by Crippen LogP contribution is 2.36. The summed E-state index contributed by atoms with van der Waals surface area (Å²) in [6.07, 6.45) is 1.89. The van der Waals surface area contributed by atoms with Gasteiger partial charge < -0.3 is 14.6 Å². The van der Waals surface area contributed by atoms with Crippen LogP contribution in [0.1, 0.15) is 10.7 Å². The number of allylic oxidation sites excluding steroid dienone is 1. The van der Waals surface area contributed by atoms with Crippen molar-refractivity contribution in [1.29, 1.82) is 5.26 Å². The molecule has 0 aliphatic carbocycles. The van der Waals surface area contributed by atoms with Gasteiger partial charge in [-0.2, -0.15) is 5.26 Å². The number of hydrogen-bond acceptors (Lipinski definition) is 6. The second-order valence-corrected chi connectivity index (χ2v) is 7.96. The van der Waals surface area contributed by atoms with E-state index in [0.29, 0.717) is 24.6 Å². The molecule has 0 amide bonds. The van der Waals surface area contributed by atoms with Gasteiger partial charge in [-0.3, -0.25) is 0 Å². The number of benzene rings is 2. The highest BCUT2D eigenvalue weighted by molar-refractivity contribution is 7.17. The Morgan fingerprint density at radius 1 is 1.07 bits per heavy atom. The van der Waals surface area contributed by atoms with Crippen molar-refractivity contribution >= 4 is 39.2 Å². The van der Waals surface area contributed by atoms with Crippen molar-refractivity contribution in [2.45, 2.75) is 0 Å². The van der Waals surface area contributed by atoms with E-state index in [1.54, 1.807) is 11.3 Å². The molecule has 0 spiro atoms. The number of para-hydroxylation sites is 2. The van der Waals surface area contributed by atoms with Crippen LogP contribution >= 0.6 is 11.3 Å². The number of ether oxygens (including phenoxy) is 1. The first-order valence-electron chi connectivity index (χ1n) is 9.78. The zero-order valence-electron chi connectivity index (χ0n) is 16.2. The molecule has 3 heterocycles. The van der Waals surface area contributed by atoms with Crippen molar-refractivity contribution in [3.8, 4) is 17.3 Å². The summed E-state index contributed by atoms with van der Waals surface area (Å²) in [5.41, 5.74) is 4.15. The number of rotatable bonds is 4. The van der Waals surface area contributed by atoms with Crippen LogP contribution in [0.25, 0.3) is 33.9 Å². The zero-order valence-corrected chi connectivity index (χ0v) is 17.0. The predicted octanol–water partition coefficient (Wildman–Crippen LogP) is 4.59. The minimum absolute atomic E-state index is 0.487. The van der Waals surface area contributed by atoms with E-state index in [9.17, 15) is 5.26 Å². The molecule has 2 aromatic carbocycles. The summed E-state index contributed by atoms with van der Waals surface area (Å²) in [5, 5.41) is 10.8. The smallest absolute Gasteiger partial charge is 0.186 e. The Hall–Kier alpha value is -3.47. The van der Waals surface area contributed by atoms with Crippen molar-refractivity contribution in [3.63, 3.8) is 0 Å². The second kappa shape index (κ2) is 8.11. The van der Waals surface area contributed by atoms with Crippen LogP contribution in [0, 0.1) is 11.3 Å². The molecule has 2 aromatic heterocycles. The lowest BCUT2D eigenvalue weighted by atomic mass is 10.1. The summed E-state index contributed by atoms with van der Waals surface area (Å²) in [6.45, 7) is 3.04. The Balaban J connectivity index is 1.60. The molecule has 0 radical (unpaired) electrons. The molecule has 1 N–H and O–H groups in total. The molecule has 1 fully saturated rings. The minimum atomic E-state index is 0.487. The Labute approximate surface area is 178 Å². The maximum atomic E-state index is 9.86. The lowest BCUT2D eigenvalue weighted by Gasteiger charge is -2.26. The maximum absolute atomic E-state index is 9.86. The Morgan fingerprint density at radius 2 is 1.83 bits per heavy atom. The molecule has 1 saturated heterocycles. The van der Waals surface area contributed by atoms with Gasteiger partial charge in [-0.25, -0.2) is 9.97 Å². The van der Waals surface area contributed by atoms with Crippen LogP contribution in [-0.4, -0.2) is 41.3 Å². The summed E-state index contributed by atoms with van der Waals surface area (Å²) in [5.74, 6) is 0.569. The van der Waals surface area contributed by atoms with Crippen molar-refractivity contribution in [2.75, 3.05) is 31.2 Å². The highest BCUT2D eigenvalue weighted by atomic mass is 32.1. The monoisotopic (exact) mass is 413 g/mol. The van der Waals surface area contributed by atoms with Gasteiger partial charge in [0.15, 0.2) is 5.13 Å². The van der Waals surface area contributed by atoms with Crippen LogP contribution in [0.5, 0.6) is 0 Å². The molecule has 148 valence electrons. The number of nitrogens with zero attached hydrogens (tertiary/aromatic N) is 4. The second-order valence-electron chi connectivity index (χ2n) is 6.95. The van der Waals surface area contributed by atoms with Gasteiger partial charge in [0.1, 0.15) is 11.9 Å². The van der Waals surface area contributed by atoms with Gasteiger partial charge in [0, 0.05) is 18.7 Å². The van der Waals surface area contributed by atoms with Gasteiger partial charge in [-0.1, -0.05) is 53.8 Å². The summed E-state index contributed by atoms with van der Waals surface area (Å²) in [6, 6.07) is 20.2. The summed E-state index contributed by atoms with van der Waals surface area (Å²) in [4.78, 5) is 16.0. The topological polar surface area (TPSA) is 77.8 Å². The van der Waals surface area contributed by atoms with Crippen LogP contribution in [0.3, 0.4) is 0 Å². The number of aromatic amines is 1. The van der Waals surface area contributed by atoms with E-state index in [1.807, 2.05) is 60.7 Å². The number of hydrogen-bond donors (Lipinski definition) is 1. The highest BCUT2D eigenvalue weighted by Gasteiger charge is 2.19. The summed E-state index contributed by atoms with van der Waals surface area (Å²) < 4.78 is 5.48. The van der Waals surface area contributed by atoms with Gasteiger partial charge in [0.25, 0.3) is 0 Å². The molecule has 7 heteroatoms. The van der Waals surface area contributed by atoms with Gasteiger partial charge in [-0.05, 0) is 18.2 Å². The number of nitrogens with one attached hydrogen (secondary N) is 1. The molecule has 5 rings (SSSR count). The van der Waals surface area contributed by atoms with E-state index in [1.165, 1.54) is 0 Å². The third-order valence-corrected chi connectivity index (χ3v) is 6.07. The van der Waals surface area contributed by atoms with E-state index >= 15 is 0 Å². The number of imidazole rings is 1. The fourth-order valence-electron chi connectivity index (χ4n) is 3.48. The first kappa shape index (κ1) is 18.6. The lowest BCUT2D eigenvalue weighted by molar-refractivity contribution is 0.122. The van der Waals surface area contributed by atoms with Crippen LogP contribution in [0.15, 0.2) is 54.6 Å². The average molecular weight is 414 g/mol. The fourth-order valence-corrected chi connectivity index (χ4v) is 4.56. The zero-order chi connectivity index (χ0) is 20.3. The fraction of sp³-hybridized carbons (Fsp3) is 0.174. The molecule has 0 bridgehead atoms. The number of morpholine rings is 1. The van der Waals surface area contributed by atoms with E-state index < -0.39 is 0 Å².